The van der Waals surface area contributed by atoms with Crippen LogP contribution in [0.5, 0.6) is 0 Å². The summed E-state index contributed by atoms with van der Waals surface area (Å²) in [5.41, 5.74) is 1.67. The predicted molar refractivity (Wildman–Crippen MR) is 84.4 cm³/mol. The van der Waals surface area contributed by atoms with Gasteiger partial charge < -0.3 is 9.88 Å². The summed E-state index contributed by atoms with van der Waals surface area (Å²) in [6.45, 7) is 3.03. The standard InChI is InChI=1S/C17H23N3O/c1-2-11-20-12-15(14-9-6-10-18-16(14)20)17(21)19-13-7-4-3-5-8-13/h6,9-10,12-13H,2-5,7-8,11H2,1H3,(H,19,21). The van der Waals surface area contributed by atoms with Crippen molar-refractivity contribution in [2.45, 2.75) is 58.0 Å². The Kier molecular flexibility index (Phi) is 4.23. The molecule has 3 rings (SSSR count). The molecule has 1 amide bonds. The van der Waals surface area contributed by atoms with Crippen LogP contribution >= 0.6 is 0 Å². The second-order valence-corrected chi connectivity index (χ2v) is 5.92. The Morgan fingerprint density at radius 3 is 2.95 bits per heavy atom. The summed E-state index contributed by atoms with van der Waals surface area (Å²) in [4.78, 5) is 17.0. The van der Waals surface area contributed by atoms with E-state index in [1.807, 2.05) is 18.3 Å². The first-order chi connectivity index (χ1) is 10.3. The lowest BCUT2D eigenvalue weighted by Crippen LogP contribution is -2.36. The first kappa shape index (κ1) is 14.1. The van der Waals surface area contributed by atoms with Crippen molar-refractivity contribution in [3.63, 3.8) is 0 Å². The maximum absolute atomic E-state index is 12.6. The smallest absolute Gasteiger partial charge is 0.253 e. The quantitative estimate of drug-likeness (QED) is 0.934. The molecule has 1 N–H and O–H groups in total. The number of hydrogen-bond donors (Lipinski definition) is 1. The van der Waals surface area contributed by atoms with Crippen LogP contribution in [0, 0.1) is 0 Å². The van der Waals surface area contributed by atoms with Crippen LogP contribution in [0.2, 0.25) is 0 Å². The zero-order chi connectivity index (χ0) is 14.7. The molecule has 0 saturated heterocycles. The maximum atomic E-state index is 12.6. The van der Waals surface area contributed by atoms with Crippen LogP contribution < -0.4 is 5.32 Å². The number of pyridine rings is 1. The molecule has 2 aromatic rings. The monoisotopic (exact) mass is 285 g/mol. The number of hydrogen-bond acceptors (Lipinski definition) is 2. The molecule has 1 fully saturated rings. The number of amides is 1. The van der Waals surface area contributed by atoms with E-state index < -0.39 is 0 Å². The van der Waals surface area contributed by atoms with E-state index in [0.717, 1.165) is 42.4 Å². The summed E-state index contributed by atoms with van der Waals surface area (Å²) in [5.74, 6) is 0.0507. The van der Waals surface area contributed by atoms with E-state index in [4.69, 9.17) is 0 Å². The fourth-order valence-electron chi connectivity index (χ4n) is 3.22. The zero-order valence-corrected chi connectivity index (χ0v) is 12.6. The van der Waals surface area contributed by atoms with Crippen LogP contribution in [0.3, 0.4) is 0 Å². The van der Waals surface area contributed by atoms with Gasteiger partial charge in [0.25, 0.3) is 5.91 Å². The van der Waals surface area contributed by atoms with Crippen molar-refractivity contribution in [2.24, 2.45) is 0 Å². The number of aryl methyl sites for hydroxylation is 1. The molecule has 0 radical (unpaired) electrons. The van der Waals surface area contributed by atoms with Gasteiger partial charge in [-0.15, -0.1) is 0 Å². The van der Waals surface area contributed by atoms with Gasteiger partial charge in [-0.3, -0.25) is 4.79 Å². The number of fused-ring (bicyclic) bond motifs is 1. The Labute approximate surface area is 125 Å². The van der Waals surface area contributed by atoms with Crippen LogP contribution in [0.15, 0.2) is 24.5 Å². The van der Waals surface area contributed by atoms with Gasteiger partial charge in [0.15, 0.2) is 0 Å². The van der Waals surface area contributed by atoms with Crippen molar-refractivity contribution >= 4 is 16.9 Å². The van der Waals surface area contributed by atoms with Gasteiger partial charge in [-0.25, -0.2) is 4.98 Å². The number of carbonyl (C=O) groups is 1. The summed E-state index contributed by atoms with van der Waals surface area (Å²) in [7, 11) is 0. The van der Waals surface area contributed by atoms with Crippen LogP contribution in [-0.4, -0.2) is 21.5 Å². The maximum Gasteiger partial charge on any atom is 0.253 e. The summed E-state index contributed by atoms with van der Waals surface area (Å²) >= 11 is 0. The Hall–Kier alpha value is -1.84. The molecule has 4 nitrogen and oxygen atoms in total. The van der Waals surface area contributed by atoms with E-state index in [1.165, 1.54) is 19.3 Å². The van der Waals surface area contributed by atoms with Gasteiger partial charge >= 0.3 is 0 Å². The van der Waals surface area contributed by atoms with Gasteiger partial charge in [-0.05, 0) is 31.4 Å². The van der Waals surface area contributed by atoms with Crippen molar-refractivity contribution in [3.05, 3.63) is 30.1 Å². The second-order valence-electron chi connectivity index (χ2n) is 5.92. The first-order valence-corrected chi connectivity index (χ1v) is 8.04. The molecule has 1 aliphatic carbocycles. The average molecular weight is 285 g/mol. The lowest BCUT2D eigenvalue weighted by atomic mass is 9.95. The Balaban J connectivity index is 1.86. The highest BCUT2D eigenvalue weighted by atomic mass is 16.1. The third kappa shape index (κ3) is 2.94. The predicted octanol–water partition coefficient (Wildman–Crippen LogP) is 3.51. The lowest BCUT2D eigenvalue weighted by molar-refractivity contribution is 0.0929. The van der Waals surface area contributed by atoms with Crippen molar-refractivity contribution in [3.8, 4) is 0 Å². The Bertz CT molecular complexity index is 626. The highest BCUT2D eigenvalue weighted by molar-refractivity contribution is 6.06. The molecule has 0 aliphatic heterocycles. The van der Waals surface area contributed by atoms with Crippen molar-refractivity contribution in [2.75, 3.05) is 0 Å². The molecule has 4 heteroatoms. The Morgan fingerprint density at radius 1 is 1.38 bits per heavy atom. The molecule has 21 heavy (non-hydrogen) atoms. The van der Waals surface area contributed by atoms with Crippen molar-refractivity contribution in [1.29, 1.82) is 0 Å². The third-order valence-electron chi connectivity index (χ3n) is 4.28. The van der Waals surface area contributed by atoms with Gasteiger partial charge in [-0.2, -0.15) is 0 Å². The minimum Gasteiger partial charge on any atom is -0.349 e. The van der Waals surface area contributed by atoms with E-state index in [-0.39, 0.29) is 5.91 Å². The van der Waals surface area contributed by atoms with E-state index in [1.54, 1.807) is 6.20 Å². The molecule has 0 unspecified atom stereocenters. The number of aromatic nitrogens is 2. The minimum atomic E-state index is 0.0507. The molecule has 1 aliphatic rings. The molecular weight excluding hydrogens is 262 g/mol. The van der Waals surface area contributed by atoms with Crippen LogP contribution in [0.25, 0.3) is 11.0 Å². The fraction of sp³-hybridized carbons (Fsp3) is 0.529. The third-order valence-corrected chi connectivity index (χ3v) is 4.28. The molecule has 2 aromatic heterocycles. The Morgan fingerprint density at radius 2 is 2.19 bits per heavy atom. The molecule has 0 bridgehead atoms. The molecule has 0 atom stereocenters. The highest BCUT2D eigenvalue weighted by Gasteiger charge is 2.20. The van der Waals surface area contributed by atoms with E-state index in [2.05, 4.69) is 21.8 Å². The van der Waals surface area contributed by atoms with Crippen molar-refractivity contribution < 1.29 is 4.79 Å². The minimum absolute atomic E-state index is 0.0507. The van der Waals surface area contributed by atoms with Gasteiger partial charge in [0.05, 0.1) is 5.56 Å². The highest BCUT2D eigenvalue weighted by Crippen LogP contribution is 2.22. The van der Waals surface area contributed by atoms with Crippen LogP contribution in [0.4, 0.5) is 0 Å². The topological polar surface area (TPSA) is 46.9 Å². The summed E-state index contributed by atoms with van der Waals surface area (Å²) in [6.07, 6.45) is 10.7. The summed E-state index contributed by atoms with van der Waals surface area (Å²) in [5, 5.41) is 4.16. The van der Waals surface area contributed by atoms with E-state index in [0.29, 0.717) is 6.04 Å². The summed E-state index contributed by atoms with van der Waals surface area (Å²) < 4.78 is 2.09. The largest absolute Gasteiger partial charge is 0.349 e. The van der Waals surface area contributed by atoms with Gasteiger partial charge in [0.1, 0.15) is 5.65 Å². The van der Waals surface area contributed by atoms with Gasteiger partial charge in [0, 0.05) is 30.4 Å². The molecule has 0 aromatic carbocycles. The normalized spacial score (nSPS) is 16.2. The zero-order valence-electron chi connectivity index (χ0n) is 12.6. The molecular formula is C17H23N3O. The number of nitrogens with one attached hydrogen (secondary N) is 1. The van der Waals surface area contributed by atoms with Crippen molar-refractivity contribution in [1.82, 2.24) is 14.9 Å². The lowest BCUT2D eigenvalue weighted by Gasteiger charge is -2.22. The second kappa shape index (κ2) is 6.29. The number of carbonyl (C=O) groups excluding carboxylic acids is 1. The molecule has 112 valence electrons. The van der Waals surface area contributed by atoms with Crippen LogP contribution in [-0.2, 0) is 6.54 Å². The molecule has 1 saturated carbocycles. The van der Waals surface area contributed by atoms with Crippen LogP contribution in [0.1, 0.15) is 55.8 Å². The van der Waals surface area contributed by atoms with E-state index >= 15 is 0 Å². The van der Waals surface area contributed by atoms with E-state index in [9.17, 15) is 4.79 Å². The number of nitrogens with zero attached hydrogens (tertiary/aromatic N) is 2. The average Bonchev–Trinajstić information content (AvgIpc) is 2.88. The summed E-state index contributed by atoms with van der Waals surface area (Å²) in [6, 6.07) is 4.23. The fourth-order valence-corrected chi connectivity index (χ4v) is 3.22. The first-order valence-electron chi connectivity index (χ1n) is 8.04. The molecule has 0 spiro atoms. The number of rotatable bonds is 4. The SMILES string of the molecule is CCCn1cc(C(=O)NC2CCCCC2)c2cccnc21. The molecule has 2 heterocycles. The van der Waals surface area contributed by atoms with Gasteiger partial charge in [-0.1, -0.05) is 26.2 Å². The van der Waals surface area contributed by atoms with Gasteiger partial charge in [0.2, 0.25) is 0 Å².